The lowest BCUT2D eigenvalue weighted by Gasteiger charge is -2.47. The Morgan fingerprint density at radius 1 is 1.37 bits per heavy atom. The minimum absolute atomic E-state index is 0.219. The largest absolute Gasteiger partial charge is 0.469 e. The summed E-state index contributed by atoms with van der Waals surface area (Å²) < 4.78 is 10.2. The molecule has 1 aliphatic rings. The van der Waals surface area contributed by atoms with E-state index in [0.717, 1.165) is 0 Å². The van der Waals surface area contributed by atoms with Crippen molar-refractivity contribution in [2.45, 2.75) is 39.7 Å². The summed E-state index contributed by atoms with van der Waals surface area (Å²) in [5.41, 5.74) is 3.65. The number of primary amides is 1. The molecule has 19 heavy (non-hydrogen) atoms. The molecule has 3 unspecified atom stereocenters. The molecule has 0 heterocycles. The van der Waals surface area contributed by atoms with E-state index >= 15 is 0 Å². The fraction of sp³-hybridized carbons (Fsp3) is 0.714. The van der Waals surface area contributed by atoms with E-state index in [0.29, 0.717) is 6.42 Å². The maximum absolute atomic E-state index is 12.1. The summed E-state index contributed by atoms with van der Waals surface area (Å²) in [5, 5.41) is 0. The van der Waals surface area contributed by atoms with Gasteiger partial charge in [0.1, 0.15) is 5.92 Å². The number of rotatable bonds is 2. The van der Waals surface area contributed by atoms with Crippen molar-refractivity contribution < 1.29 is 19.1 Å². The van der Waals surface area contributed by atoms with Gasteiger partial charge in [-0.1, -0.05) is 33.8 Å². The predicted octanol–water partition coefficient (Wildman–Crippen LogP) is 2.25. The summed E-state index contributed by atoms with van der Waals surface area (Å²) in [7, 11) is 1.34. The number of esters is 1. The molecule has 1 rings (SSSR count). The zero-order chi connectivity index (χ0) is 14.8. The van der Waals surface area contributed by atoms with Gasteiger partial charge in [-0.2, -0.15) is 0 Å². The van der Waals surface area contributed by atoms with Crippen LogP contribution in [0.1, 0.15) is 34.1 Å². The maximum Gasteiger partial charge on any atom is 0.405 e. The van der Waals surface area contributed by atoms with Crippen LogP contribution in [0.25, 0.3) is 0 Å². The van der Waals surface area contributed by atoms with Crippen LogP contribution in [0.5, 0.6) is 0 Å². The lowest BCUT2D eigenvalue weighted by molar-refractivity contribution is -0.162. The highest BCUT2D eigenvalue weighted by Gasteiger charge is 2.54. The van der Waals surface area contributed by atoms with Gasteiger partial charge in [0, 0.05) is 5.41 Å². The first-order valence-corrected chi connectivity index (χ1v) is 6.39. The first-order chi connectivity index (χ1) is 8.64. The Morgan fingerprint density at radius 3 is 2.37 bits per heavy atom. The van der Waals surface area contributed by atoms with E-state index in [1.54, 1.807) is 6.08 Å². The van der Waals surface area contributed by atoms with Crippen LogP contribution in [-0.4, -0.2) is 24.8 Å². The average Bonchev–Trinajstić information content (AvgIpc) is 2.28. The van der Waals surface area contributed by atoms with Crippen LogP contribution in [-0.2, 0) is 14.3 Å². The first kappa shape index (κ1) is 15.5. The summed E-state index contributed by atoms with van der Waals surface area (Å²) in [6.07, 6.45) is 3.41. The number of carbonyl (C=O) groups is 2. The van der Waals surface area contributed by atoms with Crippen molar-refractivity contribution in [2.24, 2.45) is 23.0 Å². The predicted molar refractivity (Wildman–Crippen MR) is 71.3 cm³/mol. The normalized spacial score (nSPS) is 30.8. The van der Waals surface area contributed by atoms with Gasteiger partial charge in [0.05, 0.1) is 7.11 Å². The van der Waals surface area contributed by atoms with E-state index < -0.39 is 23.0 Å². The Morgan fingerprint density at radius 2 is 1.95 bits per heavy atom. The number of carbonyl (C=O) groups excluding carboxylic acids is 2. The Labute approximate surface area is 114 Å². The molecule has 0 radical (unpaired) electrons. The van der Waals surface area contributed by atoms with E-state index in [9.17, 15) is 9.59 Å². The van der Waals surface area contributed by atoms with E-state index in [1.165, 1.54) is 7.11 Å². The topological polar surface area (TPSA) is 78.6 Å². The fourth-order valence-electron chi connectivity index (χ4n) is 2.66. The molecule has 0 aliphatic heterocycles. The van der Waals surface area contributed by atoms with Crippen molar-refractivity contribution in [1.29, 1.82) is 0 Å². The SMILES string of the molecule is COC(=O)C1CC(C)C=CC1(OC(N)=O)C(C)(C)C. The van der Waals surface area contributed by atoms with Gasteiger partial charge >= 0.3 is 12.1 Å². The summed E-state index contributed by atoms with van der Waals surface area (Å²) in [5.74, 6) is -0.714. The zero-order valence-electron chi connectivity index (χ0n) is 12.2. The number of amides is 1. The third-order valence-corrected chi connectivity index (χ3v) is 3.72. The minimum atomic E-state index is -1.07. The molecule has 1 amide bonds. The molecular weight excluding hydrogens is 246 g/mol. The van der Waals surface area contributed by atoms with Crippen LogP contribution in [0.3, 0.4) is 0 Å². The molecule has 3 atom stereocenters. The molecule has 2 N–H and O–H groups in total. The molecule has 1 aliphatic carbocycles. The van der Waals surface area contributed by atoms with Crippen molar-refractivity contribution >= 4 is 12.1 Å². The molecule has 0 saturated carbocycles. The highest BCUT2D eigenvalue weighted by Crippen LogP contribution is 2.47. The smallest absolute Gasteiger partial charge is 0.405 e. The van der Waals surface area contributed by atoms with Crippen LogP contribution in [0, 0.1) is 17.3 Å². The molecule has 0 saturated heterocycles. The number of hydrogen-bond donors (Lipinski definition) is 1. The molecule has 0 aromatic heterocycles. The molecule has 0 bridgehead atoms. The van der Waals surface area contributed by atoms with Gasteiger partial charge in [0.15, 0.2) is 5.60 Å². The lowest BCUT2D eigenvalue weighted by Crippen LogP contribution is -2.56. The van der Waals surface area contributed by atoms with Gasteiger partial charge < -0.3 is 15.2 Å². The highest BCUT2D eigenvalue weighted by molar-refractivity contribution is 5.76. The van der Waals surface area contributed by atoms with Crippen LogP contribution < -0.4 is 5.73 Å². The second kappa shape index (κ2) is 5.23. The summed E-state index contributed by atoms with van der Waals surface area (Å²) in [4.78, 5) is 23.3. The van der Waals surface area contributed by atoms with Gasteiger partial charge in [-0.25, -0.2) is 4.79 Å². The molecule has 0 aromatic carbocycles. The van der Waals surface area contributed by atoms with Crippen LogP contribution in [0.15, 0.2) is 12.2 Å². The third kappa shape index (κ3) is 2.91. The number of hydrogen-bond acceptors (Lipinski definition) is 4. The number of ether oxygens (including phenoxy) is 2. The lowest BCUT2D eigenvalue weighted by atomic mass is 9.63. The van der Waals surface area contributed by atoms with Crippen LogP contribution in [0.4, 0.5) is 4.79 Å². The number of methoxy groups -OCH3 is 1. The quantitative estimate of drug-likeness (QED) is 0.616. The van der Waals surface area contributed by atoms with E-state index in [-0.39, 0.29) is 11.9 Å². The summed E-state index contributed by atoms with van der Waals surface area (Å²) in [6.45, 7) is 7.73. The molecule has 108 valence electrons. The number of allylic oxidation sites excluding steroid dienone is 1. The third-order valence-electron chi connectivity index (χ3n) is 3.72. The van der Waals surface area contributed by atoms with Crippen LogP contribution in [0.2, 0.25) is 0 Å². The zero-order valence-corrected chi connectivity index (χ0v) is 12.2. The van der Waals surface area contributed by atoms with Crippen molar-refractivity contribution in [3.8, 4) is 0 Å². The second-order valence-corrected chi connectivity index (χ2v) is 6.11. The monoisotopic (exact) mass is 269 g/mol. The second-order valence-electron chi connectivity index (χ2n) is 6.11. The highest BCUT2D eigenvalue weighted by atomic mass is 16.6. The standard InChI is InChI=1S/C14H23NO4/c1-9-6-7-14(13(2,3)4,19-12(15)17)10(8-9)11(16)18-5/h6-7,9-10H,8H2,1-5H3,(H2,15,17). The van der Waals surface area contributed by atoms with Crippen molar-refractivity contribution in [2.75, 3.05) is 7.11 Å². The first-order valence-electron chi connectivity index (χ1n) is 6.39. The Kier molecular flexibility index (Phi) is 4.28. The van der Waals surface area contributed by atoms with Crippen molar-refractivity contribution in [3.05, 3.63) is 12.2 Å². The van der Waals surface area contributed by atoms with Gasteiger partial charge in [-0.3, -0.25) is 4.79 Å². The fourth-order valence-corrected chi connectivity index (χ4v) is 2.66. The Balaban J connectivity index is 3.34. The van der Waals surface area contributed by atoms with Gasteiger partial charge in [-0.15, -0.1) is 0 Å². The van der Waals surface area contributed by atoms with Crippen molar-refractivity contribution in [3.63, 3.8) is 0 Å². The van der Waals surface area contributed by atoms with Crippen molar-refractivity contribution in [1.82, 2.24) is 0 Å². The molecule has 5 heteroatoms. The van der Waals surface area contributed by atoms with Gasteiger partial charge in [0.25, 0.3) is 0 Å². The summed E-state index contributed by atoms with van der Waals surface area (Å²) in [6, 6.07) is 0. The van der Waals surface area contributed by atoms with E-state index in [1.807, 2.05) is 33.8 Å². The number of nitrogens with two attached hydrogens (primary N) is 1. The van der Waals surface area contributed by atoms with Gasteiger partial charge in [0.2, 0.25) is 0 Å². The Bertz CT molecular complexity index is 397. The molecule has 5 nitrogen and oxygen atoms in total. The Hall–Kier alpha value is -1.52. The average molecular weight is 269 g/mol. The van der Waals surface area contributed by atoms with Gasteiger partial charge in [-0.05, 0) is 18.4 Å². The minimum Gasteiger partial charge on any atom is -0.469 e. The maximum atomic E-state index is 12.1. The molecular formula is C14H23NO4. The van der Waals surface area contributed by atoms with E-state index in [4.69, 9.17) is 15.2 Å². The van der Waals surface area contributed by atoms with E-state index in [2.05, 4.69) is 0 Å². The molecule has 0 spiro atoms. The molecule has 0 fully saturated rings. The van der Waals surface area contributed by atoms with Crippen LogP contribution >= 0.6 is 0 Å². The molecule has 0 aromatic rings. The summed E-state index contributed by atoms with van der Waals surface area (Å²) >= 11 is 0.